The topological polar surface area (TPSA) is 12.5 Å². The van der Waals surface area contributed by atoms with E-state index in [-0.39, 0.29) is 0 Å². The minimum absolute atomic E-state index is 0.697. The second kappa shape index (κ2) is 11.0. The first kappa shape index (κ1) is 21.4. The lowest BCUT2D eigenvalue weighted by Gasteiger charge is -2.26. The van der Waals surface area contributed by atoms with Gasteiger partial charge >= 0.3 is 0 Å². The molecule has 0 aliphatic carbocycles. The third-order valence-corrected chi connectivity index (χ3v) is 6.13. The van der Waals surface area contributed by atoms with Gasteiger partial charge in [-0.05, 0) is 65.7 Å². The highest BCUT2D eigenvalue weighted by Gasteiger charge is 2.12. The molecule has 1 saturated heterocycles. The molecule has 0 bridgehead atoms. The van der Waals surface area contributed by atoms with E-state index in [0.717, 1.165) is 31.7 Å². The standard InChI is InChI=1S/C29H33NO/c1-2-28(25-12-6-3-7-13-25)29(26-14-8-4-9-15-26)22-24-16-18-27(19-17-24)31-23-30-20-10-5-11-21-30/h3-4,6-9,12-19H,2,5,10-11,20-23H2,1H3/b29-28+. The Balaban J connectivity index is 1.54. The van der Waals surface area contributed by atoms with Gasteiger partial charge in [-0.1, -0.05) is 86.1 Å². The lowest BCUT2D eigenvalue weighted by atomic mass is 9.89. The van der Waals surface area contributed by atoms with Crippen LogP contribution in [0.15, 0.2) is 84.9 Å². The Labute approximate surface area is 187 Å². The molecule has 0 aromatic heterocycles. The van der Waals surface area contributed by atoms with E-state index in [2.05, 4.69) is 96.8 Å². The van der Waals surface area contributed by atoms with Gasteiger partial charge in [0.15, 0.2) is 0 Å². The first-order valence-corrected chi connectivity index (χ1v) is 11.6. The summed E-state index contributed by atoms with van der Waals surface area (Å²) in [4.78, 5) is 2.40. The lowest BCUT2D eigenvalue weighted by Crippen LogP contribution is -2.33. The van der Waals surface area contributed by atoms with Crippen molar-refractivity contribution in [1.82, 2.24) is 4.90 Å². The fourth-order valence-corrected chi connectivity index (χ4v) is 4.42. The van der Waals surface area contributed by atoms with Crippen LogP contribution >= 0.6 is 0 Å². The molecule has 0 unspecified atom stereocenters. The molecule has 1 heterocycles. The van der Waals surface area contributed by atoms with Crippen LogP contribution in [0, 0.1) is 0 Å². The Morgan fingerprint density at radius 1 is 0.710 bits per heavy atom. The first-order valence-electron chi connectivity index (χ1n) is 11.6. The van der Waals surface area contributed by atoms with Crippen molar-refractivity contribution in [2.45, 2.75) is 39.0 Å². The number of hydrogen-bond donors (Lipinski definition) is 0. The van der Waals surface area contributed by atoms with Gasteiger partial charge in [0.1, 0.15) is 12.5 Å². The van der Waals surface area contributed by atoms with Crippen molar-refractivity contribution < 1.29 is 4.74 Å². The second-order valence-corrected chi connectivity index (χ2v) is 8.32. The monoisotopic (exact) mass is 411 g/mol. The lowest BCUT2D eigenvalue weighted by molar-refractivity contribution is 0.106. The van der Waals surface area contributed by atoms with Gasteiger partial charge in [0.2, 0.25) is 0 Å². The van der Waals surface area contributed by atoms with Crippen LogP contribution in [0.1, 0.15) is 49.3 Å². The summed E-state index contributed by atoms with van der Waals surface area (Å²) in [5.41, 5.74) is 6.73. The number of benzene rings is 3. The molecule has 1 aliphatic rings. The van der Waals surface area contributed by atoms with Crippen LogP contribution in [-0.4, -0.2) is 24.7 Å². The summed E-state index contributed by atoms with van der Waals surface area (Å²) in [7, 11) is 0. The molecule has 1 fully saturated rings. The minimum atomic E-state index is 0.697. The Kier molecular flexibility index (Phi) is 7.57. The zero-order valence-electron chi connectivity index (χ0n) is 18.6. The normalized spacial score (nSPS) is 15.4. The van der Waals surface area contributed by atoms with Crippen molar-refractivity contribution in [2.24, 2.45) is 0 Å². The van der Waals surface area contributed by atoms with Crippen LogP contribution in [-0.2, 0) is 6.42 Å². The molecule has 4 rings (SSSR count). The molecule has 2 nitrogen and oxygen atoms in total. The van der Waals surface area contributed by atoms with Crippen LogP contribution in [0.4, 0.5) is 0 Å². The van der Waals surface area contributed by atoms with Crippen LogP contribution < -0.4 is 4.74 Å². The molecule has 3 aromatic carbocycles. The van der Waals surface area contributed by atoms with E-state index in [1.807, 2.05) is 0 Å². The summed E-state index contributed by atoms with van der Waals surface area (Å²) in [6.07, 6.45) is 5.85. The van der Waals surface area contributed by atoms with Gasteiger partial charge in [-0.15, -0.1) is 0 Å². The van der Waals surface area contributed by atoms with Crippen LogP contribution in [0.5, 0.6) is 5.75 Å². The number of likely N-dealkylation sites (tertiary alicyclic amines) is 1. The molecule has 160 valence electrons. The quantitative estimate of drug-likeness (QED) is 0.367. The Bertz CT molecular complexity index is 955. The van der Waals surface area contributed by atoms with Gasteiger partial charge in [-0.25, -0.2) is 0 Å². The maximum absolute atomic E-state index is 6.04. The predicted octanol–water partition coefficient (Wildman–Crippen LogP) is 7.07. The molecule has 0 spiro atoms. The third-order valence-electron chi connectivity index (χ3n) is 6.13. The molecule has 0 saturated carbocycles. The number of hydrogen-bond acceptors (Lipinski definition) is 2. The number of nitrogens with zero attached hydrogens (tertiary/aromatic N) is 1. The van der Waals surface area contributed by atoms with Crippen LogP contribution in [0.3, 0.4) is 0 Å². The summed E-state index contributed by atoms with van der Waals surface area (Å²) in [6.45, 7) is 5.26. The fraction of sp³-hybridized carbons (Fsp3) is 0.310. The maximum Gasteiger partial charge on any atom is 0.142 e. The predicted molar refractivity (Wildman–Crippen MR) is 131 cm³/mol. The van der Waals surface area contributed by atoms with Gasteiger partial charge in [-0.3, -0.25) is 4.90 Å². The molecule has 0 N–H and O–H groups in total. The average molecular weight is 412 g/mol. The second-order valence-electron chi connectivity index (χ2n) is 8.32. The summed E-state index contributed by atoms with van der Waals surface area (Å²) >= 11 is 0. The van der Waals surface area contributed by atoms with Gasteiger partial charge in [0.05, 0.1) is 0 Å². The van der Waals surface area contributed by atoms with Gasteiger partial charge in [-0.2, -0.15) is 0 Å². The molecule has 31 heavy (non-hydrogen) atoms. The summed E-state index contributed by atoms with van der Waals surface area (Å²) < 4.78 is 6.04. The molecular weight excluding hydrogens is 378 g/mol. The van der Waals surface area contributed by atoms with Crippen molar-refractivity contribution in [3.05, 3.63) is 102 Å². The minimum Gasteiger partial charge on any atom is -0.478 e. The molecule has 3 aromatic rings. The number of allylic oxidation sites excluding steroid dienone is 2. The number of rotatable bonds is 8. The fourth-order valence-electron chi connectivity index (χ4n) is 4.42. The van der Waals surface area contributed by atoms with E-state index in [4.69, 9.17) is 4.74 Å². The van der Waals surface area contributed by atoms with Crippen molar-refractivity contribution in [3.8, 4) is 5.75 Å². The summed E-state index contributed by atoms with van der Waals surface area (Å²) in [6, 6.07) is 30.3. The largest absolute Gasteiger partial charge is 0.478 e. The van der Waals surface area contributed by atoms with Crippen LogP contribution in [0.25, 0.3) is 11.1 Å². The average Bonchev–Trinajstić information content (AvgIpc) is 2.85. The third kappa shape index (κ3) is 5.86. The Hall–Kier alpha value is -2.84. The highest BCUT2D eigenvalue weighted by molar-refractivity contribution is 5.91. The van der Waals surface area contributed by atoms with E-state index in [1.54, 1.807) is 0 Å². The Morgan fingerprint density at radius 2 is 1.29 bits per heavy atom. The van der Waals surface area contributed by atoms with E-state index in [0.29, 0.717) is 6.73 Å². The number of ether oxygens (including phenoxy) is 1. The Morgan fingerprint density at radius 3 is 1.87 bits per heavy atom. The van der Waals surface area contributed by atoms with Gasteiger partial charge in [0.25, 0.3) is 0 Å². The van der Waals surface area contributed by atoms with Crippen molar-refractivity contribution in [2.75, 3.05) is 19.8 Å². The molecule has 1 aliphatic heterocycles. The maximum atomic E-state index is 6.04. The first-order chi connectivity index (χ1) is 15.3. The highest BCUT2D eigenvalue weighted by atomic mass is 16.5. The molecule has 0 atom stereocenters. The SMILES string of the molecule is CC/C(=C(/Cc1ccc(OCN2CCCCC2)cc1)c1ccccc1)c1ccccc1. The van der Waals surface area contributed by atoms with E-state index < -0.39 is 0 Å². The summed E-state index contributed by atoms with van der Waals surface area (Å²) in [5.74, 6) is 0.957. The van der Waals surface area contributed by atoms with Gasteiger partial charge in [0, 0.05) is 13.1 Å². The van der Waals surface area contributed by atoms with Crippen molar-refractivity contribution in [1.29, 1.82) is 0 Å². The van der Waals surface area contributed by atoms with Crippen molar-refractivity contribution >= 4 is 11.1 Å². The van der Waals surface area contributed by atoms with Crippen LogP contribution in [0.2, 0.25) is 0 Å². The molecule has 0 amide bonds. The van der Waals surface area contributed by atoms with E-state index in [1.165, 1.54) is 47.1 Å². The van der Waals surface area contributed by atoms with Crippen molar-refractivity contribution in [3.63, 3.8) is 0 Å². The number of piperidine rings is 1. The van der Waals surface area contributed by atoms with E-state index in [9.17, 15) is 0 Å². The highest BCUT2D eigenvalue weighted by Crippen LogP contribution is 2.32. The summed E-state index contributed by atoms with van der Waals surface area (Å²) in [5, 5.41) is 0. The van der Waals surface area contributed by atoms with E-state index >= 15 is 0 Å². The molecular formula is C29H33NO. The zero-order valence-corrected chi connectivity index (χ0v) is 18.6. The molecule has 0 radical (unpaired) electrons. The zero-order chi connectivity index (χ0) is 21.3. The smallest absolute Gasteiger partial charge is 0.142 e. The molecule has 2 heteroatoms. The van der Waals surface area contributed by atoms with Gasteiger partial charge < -0.3 is 4.74 Å².